The van der Waals surface area contributed by atoms with Gasteiger partial charge in [-0.1, -0.05) is 20.8 Å². The zero-order valence-electron chi connectivity index (χ0n) is 11.4. The molecule has 18 heavy (non-hydrogen) atoms. The number of amides is 1. The number of anilines is 1. The van der Waals surface area contributed by atoms with Gasteiger partial charge in [-0.3, -0.25) is 9.89 Å². The number of hydrogen-bond acceptors (Lipinski definition) is 3. The number of carbonyl (C=O) groups excluding carboxylic acids is 1. The standard InChI is InChI=1S/C13H22N4O/c1-4-10-11(14)12(16-15-10)13(18)17-6-8(2)5-9(3)7-17/h8-9H,4-7,14H2,1-3H3,(H,15,16). The van der Waals surface area contributed by atoms with Crippen molar-refractivity contribution >= 4 is 11.6 Å². The lowest BCUT2D eigenvalue weighted by atomic mass is 9.91. The number of nitrogens with zero attached hydrogens (tertiary/aromatic N) is 2. The number of piperidine rings is 1. The zero-order valence-corrected chi connectivity index (χ0v) is 11.4. The molecule has 2 atom stereocenters. The van der Waals surface area contributed by atoms with Gasteiger partial charge in [-0.05, 0) is 24.7 Å². The number of nitrogens with one attached hydrogen (secondary N) is 1. The summed E-state index contributed by atoms with van der Waals surface area (Å²) in [7, 11) is 0. The highest BCUT2D eigenvalue weighted by molar-refractivity contribution is 5.97. The summed E-state index contributed by atoms with van der Waals surface area (Å²) < 4.78 is 0. The van der Waals surface area contributed by atoms with E-state index in [1.807, 2.05) is 11.8 Å². The molecule has 2 unspecified atom stereocenters. The van der Waals surface area contributed by atoms with Crippen molar-refractivity contribution in [2.24, 2.45) is 11.8 Å². The molecule has 1 amide bonds. The molecule has 1 fully saturated rings. The monoisotopic (exact) mass is 250 g/mol. The van der Waals surface area contributed by atoms with Crippen molar-refractivity contribution in [3.05, 3.63) is 11.4 Å². The van der Waals surface area contributed by atoms with Gasteiger partial charge in [0.15, 0.2) is 5.69 Å². The molecule has 0 radical (unpaired) electrons. The summed E-state index contributed by atoms with van der Waals surface area (Å²) in [5.74, 6) is 1.05. The summed E-state index contributed by atoms with van der Waals surface area (Å²) in [6.45, 7) is 7.96. The lowest BCUT2D eigenvalue weighted by Crippen LogP contribution is -2.42. The van der Waals surface area contributed by atoms with Crippen LogP contribution in [0.5, 0.6) is 0 Å². The number of nitrogens with two attached hydrogens (primary N) is 1. The van der Waals surface area contributed by atoms with E-state index in [1.165, 1.54) is 6.42 Å². The van der Waals surface area contributed by atoms with Gasteiger partial charge in [0, 0.05) is 13.1 Å². The molecular weight excluding hydrogens is 228 g/mol. The molecule has 2 rings (SSSR count). The van der Waals surface area contributed by atoms with Crippen molar-refractivity contribution < 1.29 is 4.79 Å². The Balaban J connectivity index is 2.17. The SMILES string of the molecule is CCc1[nH]nc(C(=O)N2CC(C)CC(C)C2)c1N. The molecule has 1 aliphatic heterocycles. The summed E-state index contributed by atoms with van der Waals surface area (Å²) in [5.41, 5.74) is 7.68. The summed E-state index contributed by atoms with van der Waals surface area (Å²) in [5, 5.41) is 6.91. The molecule has 0 spiro atoms. The topological polar surface area (TPSA) is 75.0 Å². The van der Waals surface area contributed by atoms with Crippen LogP contribution in [-0.2, 0) is 6.42 Å². The first-order valence-electron chi connectivity index (χ1n) is 6.64. The average molecular weight is 250 g/mol. The van der Waals surface area contributed by atoms with Crippen LogP contribution in [-0.4, -0.2) is 34.1 Å². The number of rotatable bonds is 2. The van der Waals surface area contributed by atoms with Crippen LogP contribution in [0.4, 0.5) is 5.69 Å². The maximum Gasteiger partial charge on any atom is 0.276 e. The fraction of sp³-hybridized carbons (Fsp3) is 0.692. The van der Waals surface area contributed by atoms with Gasteiger partial charge < -0.3 is 10.6 Å². The van der Waals surface area contributed by atoms with Gasteiger partial charge in [0.2, 0.25) is 0 Å². The third-order valence-corrected chi connectivity index (χ3v) is 3.60. The first kappa shape index (κ1) is 12.9. The number of hydrogen-bond donors (Lipinski definition) is 2. The molecule has 2 heterocycles. The van der Waals surface area contributed by atoms with Gasteiger partial charge in [0.25, 0.3) is 5.91 Å². The Morgan fingerprint density at radius 3 is 2.56 bits per heavy atom. The molecule has 5 nitrogen and oxygen atoms in total. The number of aromatic nitrogens is 2. The Kier molecular flexibility index (Phi) is 3.59. The van der Waals surface area contributed by atoms with Gasteiger partial charge in [0.05, 0.1) is 11.4 Å². The quantitative estimate of drug-likeness (QED) is 0.838. The van der Waals surface area contributed by atoms with Crippen molar-refractivity contribution in [2.45, 2.75) is 33.6 Å². The lowest BCUT2D eigenvalue weighted by molar-refractivity contribution is 0.0618. The molecule has 0 bridgehead atoms. The number of aryl methyl sites for hydroxylation is 1. The molecule has 1 aliphatic rings. The molecule has 0 aromatic carbocycles. The third kappa shape index (κ3) is 2.35. The van der Waals surface area contributed by atoms with Crippen LogP contribution in [0.1, 0.15) is 43.4 Å². The van der Waals surface area contributed by atoms with Crippen LogP contribution in [0.3, 0.4) is 0 Å². The maximum atomic E-state index is 12.4. The first-order valence-corrected chi connectivity index (χ1v) is 6.64. The second kappa shape index (κ2) is 5.00. The second-order valence-electron chi connectivity index (χ2n) is 5.47. The number of aromatic amines is 1. The van der Waals surface area contributed by atoms with E-state index in [-0.39, 0.29) is 5.91 Å². The Morgan fingerprint density at radius 1 is 1.44 bits per heavy atom. The van der Waals surface area contributed by atoms with Gasteiger partial charge in [-0.15, -0.1) is 0 Å². The van der Waals surface area contributed by atoms with E-state index in [2.05, 4.69) is 24.0 Å². The first-order chi connectivity index (χ1) is 8.52. The second-order valence-corrected chi connectivity index (χ2v) is 5.47. The van der Waals surface area contributed by atoms with E-state index in [9.17, 15) is 4.79 Å². The van der Waals surface area contributed by atoms with Crippen LogP contribution in [0, 0.1) is 11.8 Å². The average Bonchev–Trinajstić information content (AvgIpc) is 2.68. The Bertz CT molecular complexity index is 430. The molecule has 100 valence electrons. The molecule has 1 aromatic heterocycles. The van der Waals surface area contributed by atoms with Gasteiger partial charge in [0.1, 0.15) is 0 Å². The predicted molar refractivity (Wildman–Crippen MR) is 71.2 cm³/mol. The minimum absolute atomic E-state index is 0.0400. The minimum Gasteiger partial charge on any atom is -0.395 e. The predicted octanol–water partition coefficient (Wildman–Crippen LogP) is 1.67. The van der Waals surface area contributed by atoms with E-state index in [4.69, 9.17) is 5.73 Å². The molecule has 3 N–H and O–H groups in total. The van der Waals surface area contributed by atoms with Crippen molar-refractivity contribution in [1.82, 2.24) is 15.1 Å². The highest BCUT2D eigenvalue weighted by atomic mass is 16.2. The van der Waals surface area contributed by atoms with Crippen molar-refractivity contribution in [3.63, 3.8) is 0 Å². The lowest BCUT2D eigenvalue weighted by Gasteiger charge is -2.34. The normalized spacial score (nSPS) is 24.3. The van der Waals surface area contributed by atoms with Crippen LogP contribution in [0.25, 0.3) is 0 Å². The number of nitrogen functional groups attached to an aromatic ring is 1. The third-order valence-electron chi connectivity index (χ3n) is 3.60. The van der Waals surface area contributed by atoms with Crippen LogP contribution in [0.15, 0.2) is 0 Å². The minimum atomic E-state index is -0.0400. The smallest absolute Gasteiger partial charge is 0.276 e. The van der Waals surface area contributed by atoms with E-state index in [0.717, 1.165) is 25.2 Å². The Morgan fingerprint density at radius 2 is 2.06 bits per heavy atom. The number of carbonyl (C=O) groups is 1. The summed E-state index contributed by atoms with van der Waals surface area (Å²) in [6.07, 6.45) is 1.94. The van der Waals surface area contributed by atoms with Crippen molar-refractivity contribution in [1.29, 1.82) is 0 Å². The van der Waals surface area contributed by atoms with Gasteiger partial charge in [-0.2, -0.15) is 5.10 Å². The molecule has 5 heteroatoms. The number of H-pyrrole nitrogens is 1. The molecule has 1 aromatic rings. The molecular formula is C13H22N4O. The highest BCUT2D eigenvalue weighted by Gasteiger charge is 2.28. The van der Waals surface area contributed by atoms with Crippen LogP contribution < -0.4 is 5.73 Å². The van der Waals surface area contributed by atoms with E-state index in [0.29, 0.717) is 23.2 Å². The van der Waals surface area contributed by atoms with Gasteiger partial charge in [-0.25, -0.2) is 0 Å². The maximum absolute atomic E-state index is 12.4. The van der Waals surface area contributed by atoms with E-state index >= 15 is 0 Å². The molecule has 0 aliphatic carbocycles. The van der Waals surface area contributed by atoms with Crippen molar-refractivity contribution in [2.75, 3.05) is 18.8 Å². The van der Waals surface area contributed by atoms with Gasteiger partial charge >= 0.3 is 0 Å². The highest BCUT2D eigenvalue weighted by Crippen LogP contribution is 2.24. The summed E-state index contributed by atoms with van der Waals surface area (Å²) in [4.78, 5) is 14.3. The Labute approximate surface area is 108 Å². The molecule has 1 saturated heterocycles. The van der Waals surface area contributed by atoms with Crippen LogP contribution >= 0.6 is 0 Å². The van der Waals surface area contributed by atoms with E-state index < -0.39 is 0 Å². The number of likely N-dealkylation sites (tertiary alicyclic amines) is 1. The van der Waals surface area contributed by atoms with Crippen molar-refractivity contribution in [3.8, 4) is 0 Å². The summed E-state index contributed by atoms with van der Waals surface area (Å²) >= 11 is 0. The Hall–Kier alpha value is -1.52. The zero-order chi connectivity index (χ0) is 13.3. The fourth-order valence-electron chi connectivity index (χ4n) is 2.80. The largest absolute Gasteiger partial charge is 0.395 e. The fourth-order valence-corrected chi connectivity index (χ4v) is 2.80. The van der Waals surface area contributed by atoms with E-state index in [1.54, 1.807) is 0 Å². The van der Waals surface area contributed by atoms with Crippen LogP contribution in [0.2, 0.25) is 0 Å². The molecule has 0 saturated carbocycles. The summed E-state index contributed by atoms with van der Waals surface area (Å²) in [6, 6.07) is 0.